The zero-order valence-electron chi connectivity index (χ0n) is 18.1. The van der Waals surface area contributed by atoms with E-state index in [1.165, 1.54) is 44.1 Å². The van der Waals surface area contributed by atoms with Gasteiger partial charge in [-0.3, -0.25) is 0 Å². The third-order valence-corrected chi connectivity index (χ3v) is 8.32. The molecule has 2 N–H and O–H groups in total. The molecular formula is C26H40O3. The van der Waals surface area contributed by atoms with Crippen LogP contribution in [0.15, 0.2) is 24.3 Å². The van der Waals surface area contributed by atoms with E-state index in [-0.39, 0.29) is 6.10 Å². The topological polar surface area (TPSA) is 49.7 Å². The second kappa shape index (κ2) is 9.83. The van der Waals surface area contributed by atoms with Crippen molar-refractivity contribution in [3.8, 4) is 5.75 Å². The Labute approximate surface area is 176 Å². The van der Waals surface area contributed by atoms with Gasteiger partial charge in [0.1, 0.15) is 5.75 Å². The number of rotatable bonds is 5. The lowest BCUT2D eigenvalue weighted by Crippen LogP contribution is -2.34. The minimum absolute atomic E-state index is 0.205. The van der Waals surface area contributed by atoms with E-state index < -0.39 is 6.29 Å². The van der Waals surface area contributed by atoms with Gasteiger partial charge in [-0.2, -0.15) is 0 Å². The van der Waals surface area contributed by atoms with Crippen LogP contribution in [0.1, 0.15) is 95.5 Å². The van der Waals surface area contributed by atoms with Crippen molar-refractivity contribution in [2.45, 2.75) is 102 Å². The van der Waals surface area contributed by atoms with Crippen LogP contribution in [0, 0.1) is 23.7 Å². The summed E-state index contributed by atoms with van der Waals surface area (Å²) in [6, 6.07) is 7.65. The smallest absolute Gasteiger partial charge is 0.157 e. The SMILES string of the molecule is CC1CCC(C2CCC(C(O)OC3CCC(c4ccc(O)cc4)CC3)CC2)CC1. The highest BCUT2D eigenvalue weighted by Gasteiger charge is 2.34. The number of phenols is 1. The first-order valence-electron chi connectivity index (χ1n) is 12.2. The van der Waals surface area contributed by atoms with Crippen molar-refractivity contribution in [3.63, 3.8) is 0 Å². The summed E-state index contributed by atoms with van der Waals surface area (Å²) >= 11 is 0. The molecule has 4 rings (SSSR count). The summed E-state index contributed by atoms with van der Waals surface area (Å²) < 4.78 is 6.14. The number of aromatic hydroxyl groups is 1. The summed E-state index contributed by atoms with van der Waals surface area (Å²) in [6.45, 7) is 2.40. The molecule has 0 aromatic heterocycles. The van der Waals surface area contributed by atoms with E-state index >= 15 is 0 Å². The minimum Gasteiger partial charge on any atom is -0.508 e. The average molecular weight is 401 g/mol. The summed E-state index contributed by atoms with van der Waals surface area (Å²) in [5.41, 5.74) is 1.32. The number of phenolic OH excluding ortho intramolecular Hbond substituents is 1. The molecule has 3 heteroatoms. The molecule has 3 aliphatic carbocycles. The lowest BCUT2D eigenvalue weighted by atomic mass is 9.69. The van der Waals surface area contributed by atoms with Crippen LogP contribution in [0.5, 0.6) is 5.75 Å². The molecule has 162 valence electrons. The van der Waals surface area contributed by atoms with Gasteiger partial charge in [0, 0.05) is 5.92 Å². The highest BCUT2D eigenvalue weighted by molar-refractivity contribution is 5.28. The molecule has 0 radical (unpaired) electrons. The van der Waals surface area contributed by atoms with E-state index in [1.54, 1.807) is 12.1 Å². The largest absolute Gasteiger partial charge is 0.508 e. The molecule has 1 atom stereocenters. The van der Waals surface area contributed by atoms with Crippen LogP contribution in [-0.2, 0) is 4.74 Å². The van der Waals surface area contributed by atoms with Gasteiger partial charge in [-0.1, -0.05) is 31.9 Å². The van der Waals surface area contributed by atoms with E-state index in [0.29, 0.717) is 17.6 Å². The molecule has 1 aromatic rings. The maximum Gasteiger partial charge on any atom is 0.157 e. The normalized spacial score (nSPS) is 37.2. The summed E-state index contributed by atoms with van der Waals surface area (Å²) in [4.78, 5) is 0. The number of hydrogen-bond donors (Lipinski definition) is 2. The van der Waals surface area contributed by atoms with Crippen LogP contribution >= 0.6 is 0 Å². The Bertz CT molecular complexity index is 603. The molecule has 1 unspecified atom stereocenters. The van der Waals surface area contributed by atoms with Crippen LogP contribution in [0.3, 0.4) is 0 Å². The Morgan fingerprint density at radius 1 is 0.759 bits per heavy atom. The number of benzene rings is 1. The Morgan fingerprint density at radius 3 is 1.90 bits per heavy atom. The van der Waals surface area contributed by atoms with Gasteiger partial charge in [0.25, 0.3) is 0 Å². The molecule has 29 heavy (non-hydrogen) atoms. The van der Waals surface area contributed by atoms with Crippen molar-refractivity contribution in [2.24, 2.45) is 23.7 Å². The Hall–Kier alpha value is -1.06. The van der Waals surface area contributed by atoms with Crippen LogP contribution in [0.4, 0.5) is 0 Å². The van der Waals surface area contributed by atoms with Gasteiger partial charge in [0.15, 0.2) is 6.29 Å². The second-order valence-corrected chi connectivity index (χ2v) is 10.3. The summed E-state index contributed by atoms with van der Waals surface area (Å²) in [5, 5.41) is 20.2. The molecule has 0 saturated heterocycles. The third-order valence-electron chi connectivity index (χ3n) is 8.32. The first-order chi connectivity index (χ1) is 14.1. The molecular weight excluding hydrogens is 360 g/mol. The van der Waals surface area contributed by atoms with Gasteiger partial charge in [-0.25, -0.2) is 0 Å². The molecule has 1 aromatic carbocycles. The number of hydrogen-bond acceptors (Lipinski definition) is 3. The van der Waals surface area contributed by atoms with Crippen molar-refractivity contribution in [1.29, 1.82) is 0 Å². The third kappa shape index (κ3) is 5.55. The molecule has 3 saturated carbocycles. The van der Waals surface area contributed by atoms with Gasteiger partial charge in [-0.15, -0.1) is 0 Å². The fourth-order valence-corrected chi connectivity index (χ4v) is 6.25. The second-order valence-electron chi connectivity index (χ2n) is 10.3. The van der Waals surface area contributed by atoms with E-state index in [1.807, 2.05) is 12.1 Å². The van der Waals surface area contributed by atoms with E-state index in [9.17, 15) is 10.2 Å². The molecule has 0 bridgehead atoms. The van der Waals surface area contributed by atoms with Crippen LogP contribution in [0.2, 0.25) is 0 Å². The molecule has 3 aliphatic rings. The monoisotopic (exact) mass is 400 g/mol. The number of aliphatic hydroxyl groups is 1. The first-order valence-corrected chi connectivity index (χ1v) is 12.2. The van der Waals surface area contributed by atoms with Crippen molar-refractivity contribution < 1.29 is 14.9 Å². The zero-order valence-corrected chi connectivity index (χ0v) is 18.1. The Balaban J connectivity index is 1.18. The van der Waals surface area contributed by atoms with Gasteiger partial charge in [0.2, 0.25) is 0 Å². The van der Waals surface area contributed by atoms with Gasteiger partial charge < -0.3 is 14.9 Å². The highest BCUT2D eigenvalue weighted by Crippen LogP contribution is 2.42. The van der Waals surface area contributed by atoms with Crippen LogP contribution in [0.25, 0.3) is 0 Å². The number of ether oxygens (including phenoxy) is 1. The summed E-state index contributed by atoms with van der Waals surface area (Å²) in [7, 11) is 0. The highest BCUT2D eigenvalue weighted by atomic mass is 16.6. The first kappa shape index (κ1) is 21.2. The van der Waals surface area contributed by atoms with Crippen molar-refractivity contribution in [1.82, 2.24) is 0 Å². The predicted molar refractivity (Wildman–Crippen MR) is 117 cm³/mol. The van der Waals surface area contributed by atoms with Gasteiger partial charge in [0.05, 0.1) is 6.10 Å². The van der Waals surface area contributed by atoms with Gasteiger partial charge >= 0.3 is 0 Å². The number of aliphatic hydroxyl groups excluding tert-OH is 1. The molecule has 0 spiro atoms. The van der Waals surface area contributed by atoms with Crippen molar-refractivity contribution in [2.75, 3.05) is 0 Å². The van der Waals surface area contributed by atoms with Crippen molar-refractivity contribution in [3.05, 3.63) is 29.8 Å². The molecule has 0 heterocycles. The maximum absolute atomic E-state index is 10.7. The summed E-state index contributed by atoms with van der Waals surface area (Å²) in [5.74, 6) is 4.00. The molecule has 0 aliphatic heterocycles. The Morgan fingerprint density at radius 2 is 1.31 bits per heavy atom. The Kier molecular flexibility index (Phi) is 7.18. The fourth-order valence-electron chi connectivity index (χ4n) is 6.25. The lowest BCUT2D eigenvalue weighted by molar-refractivity contribution is -0.180. The van der Waals surface area contributed by atoms with Crippen LogP contribution in [-0.4, -0.2) is 22.6 Å². The molecule has 3 nitrogen and oxygen atoms in total. The molecule has 0 amide bonds. The van der Waals surface area contributed by atoms with Gasteiger partial charge in [-0.05, 0) is 106 Å². The minimum atomic E-state index is -0.572. The fraction of sp³-hybridized carbons (Fsp3) is 0.769. The molecule has 3 fully saturated rings. The van der Waals surface area contributed by atoms with E-state index in [2.05, 4.69) is 6.92 Å². The lowest BCUT2D eigenvalue weighted by Gasteiger charge is -2.39. The average Bonchev–Trinajstić information content (AvgIpc) is 2.76. The van der Waals surface area contributed by atoms with Crippen molar-refractivity contribution >= 4 is 0 Å². The maximum atomic E-state index is 10.7. The quantitative estimate of drug-likeness (QED) is 0.563. The van der Waals surface area contributed by atoms with E-state index in [0.717, 1.165) is 56.3 Å². The zero-order chi connectivity index (χ0) is 20.2. The standard InChI is InChI=1S/C26H40O3/c1-18-2-4-19(5-3-18)20-6-8-23(9-7-20)26(28)29-25-16-12-22(13-17-25)21-10-14-24(27)15-11-21/h10-11,14-15,18-20,22-23,25-28H,2-9,12-13,16-17H2,1H3. The summed E-state index contributed by atoms with van der Waals surface area (Å²) in [6.07, 6.45) is 14.5. The van der Waals surface area contributed by atoms with Crippen LogP contribution < -0.4 is 0 Å². The van der Waals surface area contributed by atoms with E-state index in [4.69, 9.17) is 4.74 Å². The predicted octanol–water partition coefficient (Wildman–Crippen LogP) is 6.39.